The van der Waals surface area contributed by atoms with Crippen LogP contribution in [0.4, 0.5) is 19.4 Å². The monoisotopic (exact) mass is 774 g/mol. The standard InChI is InChI=1S/C42H49ClF2N4O4Si/c1-22(2)54(23(3)4,24(5)6)16-15-30-33(44)14-11-26-17-27(40(50)51)18-31(35(26)30)37-36(45)34-25(7)38(43)47-39(32(34)19-46-37)48-20-28-12-13-29(21-48)49(28)41(52)53-42(8,9)10/h11,14,17-19,22-24,28-29H,12-13,20-21H2,1-10H3,(H,50,51). The van der Waals surface area contributed by atoms with Gasteiger partial charge in [-0.25, -0.2) is 23.4 Å². The summed E-state index contributed by atoms with van der Waals surface area (Å²) < 4.78 is 39.1. The van der Waals surface area contributed by atoms with Crippen molar-refractivity contribution >= 4 is 59.1 Å². The number of fused-ring (bicyclic) bond motifs is 4. The maximum absolute atomic E-state index is 17.3. The van der Waals surface area contributed by atoms with Crippen molar-refractivity contribution < 1.29 is 28.2 Å². The van der Waals surface area contributed by atoms with Gasteiger partial charge in [-0.2, -0.15) is 0 Å². The molecule has 2 aliphatic heterocycles. The summed E-state index contributed by atoms with van der Waals surface area (Å²) in [4.78, 5) is 38.7. The number of carboxylic acids is 1. The van der Waals surface area contributed by atoms with Gasteiger partial charge in [0.25, 0.3) is 0 Å². The number of aromatic nitrogens is 2. The zero-order valence-electron chi connectivity index (χ0n) is 32.7. The Balaban J connectivity index is 1.54. The predicted octanol–water partition coefficient (Wildman–Crippen LogP) is 10.5. The summed E-state index contributed by atoms with van der Waals surface area (Å²) in [7, 11) is -2.32. The van der Waals surface area contributed by atoms with Gasteiger partial charge in [-0.3, -0.25) is 9.88 Å². The van der Waals surface area contributed by atoms with E-state index in [1.54, 1.807) is 6.92 Å². The van der Waals surface area contributed by atoms with Crippen molar-refractivity contribution in [3.05, 3.63) is 63.9 Å². The molecule has 6 rings (SSSR count). The van der Waals surface area contributed by atoms with Crippen LogP contribution in [0.3, 0.4) is 0 Å². The van der Waals surface area contributed by atoms with Crippen molar-refractivity contribution in [1.29, 1.82) is 0 Å². The lowest BCUT2D eigenvalue weighted by Crippen LogP contribution is -2.57. The molecule has 2 fully saturated rings. The number of carbonyl (C=O) groups is 2. The Labute approximate surface area is 322 Å². The minimum Gasteiger partial charge on any atom is -0.478 e. The lowest BCUT2D eigenvalue weighted by Gasteiger charge is -2.42. The fraction of sp³-hybridized carbons (Fsp3) is 0.476. The summed E-state index contributed by atoms with van der Waals surface area (Å²) >= 11 is 6.74. The Hall–Kier alpha value is -4.27. The fourth-order valence-electron chi connectivity index (χ4n) is 8.96. The summed E-state index contributed by atoms with van der Waals surface area (Å²) in [5.74, 6) is 1.15. The second-order valence-electron chi connectivity index (χ2n) is 16.7. The van der Waals surface area contributed by atoms with Crippen molar-refractivity contribution in [3.63, 3.8) is 0 Å². The molecule has 54 heavy (non-hydrogen) atoms. The Morgan fingerprint density at radius 3 is 2.17 bits per heavy atom. The molecule has 12 heteroatoms. The van der Waals surface area contributed by atoms with Crippen molar-refractivity contribution in [2.75, 3.05) is 18.0 Å². The van der Waals surface area contributed by atoms with Crippen LogP contribution in [0.5, 0.6) is 0 Å². The van der Waals surface area contributed by atoms with E-state index in [0.717, 1.165) is 12.8 Å². The van der Waals surface area contributed by atoms with Crippen LogP contribution < -0.4 is 4.90 Å². The molecule has 2 unspecified atom stereocenters. The summed E-state index contributed by atoms with van der Waals surface area (Å²) in [6.07, 6.45) is 2.75. The number of anilines is 1. The van der Waals surface area contributed by atoms with Crippen molar-refractivity contribution in [1.82, 2.24) is 14.9 Å². The Morgan fingerprint density at radius 1 is 1.00 bits per heavy atom. The smallest absolute Gasteiger partial charge is 0.410 e. The zero-order chi connectivity index (χ0) is 39.6. The van der Waals surface area contributed by atoms with Crippen molar-refractivity contribution in [2.45, 2.75) is 116 Å². The van der Waals surface area contributed by atoms with E-state index in [1.165, 1.54) is 30.5 Å². The third-order valence-electron chi connectivity index (χ3n) is 11.4. The number of halogens is 3. The highest BCUT2D eigenvalue weighted by Crippen LogP contribution is 2.43. The summed E-state index contributed by atoms with van der Waals surface area (Å²) in [6.45, 7) is 21.1. The van der Waals surface area contributed by atoms with Gasteiger partial charge in [-0.15, -0.1) is 5.54 Å². The second kappa shape index (κ2) is 14.4. The van der Waals surface area contributed by atoms with Gasteiger partial charge in [0, 0.05) is 41.0 Å². The van der Waals surface area contributed by atoms with E-state index in [9.17, 15) is 14.7 Å². The van der Waals surface area contributed by atoms with Gasteiger partial charge in [0.05, 0.1) is 23.2 Å². The van der Waals surface area contributed by atoms with Crippen LogP contribution >= 0.6 is 11.6 Å². The molecule has 1 N–H and O–H groups in total. The van der Waals surface area contributed by atoms with Crippen LogP contribution in [-0.2, 0) is 4.74 Å². The molecule has 2 saturated heterocycles. The number of ether oxygens (including phenoxy) is 1. The maximum atomic E-state index is 17.3. The minimum absolute atomic E-state index is 0.0862. The largest absolute Gasteiger partial charge is 0.478 e. The van der Waals surface area contributed by atoms with Crippen LogP contribution in [0.2, 0.25) is 21.8 Å². The van der Waals surface area contributed by atoms with E-state index in [0.29, 0.717) is 40.6 Å². The lowest BCUT2D eigenvalue weighted by atomic mass is 9.93. The second-order valence-corrected chi connectivity index (χ2v) is 22.7. The molecule has 2 bridgehead atoms. The number of rotatable bonds is 6. The van der Waals surface area contributed by atoms with Gasteiger partial charge in [0.2, 0.25) is 0 Å². The van der Waals surface area contributed by atoms with Gasteiger partial charge in [-0.05, 0) is 86.3 Å². The van der Waals surface area contributed by atoms with Crippen molar-refractivity contribution in [3.8, 4) is 22.7 Å². The first-order chi connectivity index (χ1) is 25.3. The number of pyridine rings is 2. The van der Waals surface area contributed by atoms with E-state index in [-0.39, 0.29) is 67.7 Å². The number of nitrogens with zero attached hydrogens (tertiary/aromatic N) is 4. The number of aryl methyl sites for hydroxylation is 1. The first-order valence-corrected chi connectivity index (χ1v) is 21.3. The first kappa shape index (κ1) is 39.4. The highest BCUT2D eigenvalue weighted by Gasteiger charge is 2.45. The highest BCUT2D eigenvalue weighted by atomic mass is 35.5. The van der Waals surface area contributed by atoms with E-state index >= 15 is 8.78 Å². The Bertz CT molecular complexity index is 2210. The quantitative estimate of drug-likeness (QED) is 0.118. The number of hydrogen-bond acceptors (Lipinski definition) is 6. The fourth-order valence-corrected chi connectivity index (χ4v) is 14.3. The molecule has 4 heterocycles. The molecule has 2 aromatic heterocycles. The van der Waals surface area contributed by atoms with Gasteiger partial charge < -0.3 is 14.7 Å². The minimum atomic E-state index is -2.32. The number of carbonyl (C=O) groups excluding carboxylic acids is 1. The van der Waals surface area contributed by atoms with Crippen molar-refractivity contribution in [2.24, 2.45) is 0 Å². The maximum Gasteiger partial charge on any atom is 0.410 e. The number of hydrogen-bond donors (Lipinski definition) is 1. The molecule has 0 spiro atoms. The average molecular weight is 775 g/mol. The third kappa shape index (κ3) is 6.81. The molecule has 0 saturated carbocycles. The topological polar surface area (TPSA) is 95.9 Å². The van der Waals surface area contributed by atoms with Crippen LogP contribution in [0, 0.1) is 30.0 Å². The summed E-state index contributed by atoms with van der Waals surface area (Å²) in [5, 5.41) is 11.5. The SMILES string of the molecule is Cc1c(Cl)nc(N2CC3CCC(C2)N3C(=O)OC(C)(C)C)c2cnc(-c3cc(C(=O)O)cc4ccc(F)c(C#C[Si](C(C)C)(C(C)C)C(C)C)c34)c(F)c12. The van der Waals surface area contributed by atoms with Gasteiger partial charge >= 0.3 is 12.1 Å². The number of benzene rings is 2. The number of piperazine rings is 1. The van der Waals surface area contributed by atoms with Crippen LogP contribution in [0.1, 0.15) is 96.6 Å². The van der Waals surface area contributed by atoms with Gasteiger partial charge in [-0.1, -0.05) is 65.1 Å². The normalized spacial score (nSPS) is 17.6. The predicted molar refractivity (Wildman–Crippen MR) is 214 cm³/mol. The molecule has 286 valence electrons. The summed E-state index contributed by atoms with van der Waals surface area (Å²) in [5.41, 5.74) is 4.17. The van der Waals surface area contributed by atoms with Crippen LogP contribution in [-0.4, -0.2) is 70.9 Å². The molecule has 4 aromatic rings. The Morgan fingerprint density at radius 2 is 1.61 bits per heavy atom. The average Bonchev–Trinajstić information content (AvgIpc) is 3.35. The number of aromatic carboxylic acids is 1. The van der Waals surface area contributed by atoms with E-state index < -0.39 is 31.3 Å². The molecular formula is C42H49ClF2N4O4Si. The third-order valence-corrected chi connectivity index (χ3v) is 18.0. The van der Waals surface area contributed by atoms with E-state index in [1.807, 2.05) is 30.6 Å². The molecular weight excluding hydrogens is 726 g/mol. The number of carboxylic acid groups (broad SMARTS) is 1. The van der Waals surface area contributed by atoms with Gasteiger partial charge in [0.15, 0.2) is 5.82 Å². The molecule has 2 aromatic carbocycles. The molecule has 0 aliphatic carbocycles. The number of amides is 1. The molecule has 2 atom stereocenters. The lowest BCUT2D eigenvalue weighted by molar-refractivity contribution is 0.0122. The molecule has 2 aliphatic rings. The first-order valence-electron chi connectivity index (χ1n) is 18.7. The van der Waals surface area contributed by atoms with E-state index in [2.05, 4.69) is 58.0 Å². The molecule has 0 radical (unpaired) electrons. The molecule has 1 amide bonds. The molecule has 8 nitrogen and oxygen atoms in total. The highest BCUT2D eigenvalue weighted by molar-refractivity contribution is 6.90. The Kier molecular flexibility index (Phi) is 10.5. The van der Waals surface area contributed by atoms with E-state index in [4.69, 9.17) is 21.3 Å². The summed E-state index contributed by atoms with van der Waals surface area (Å²) in [6, 6.07) is 5.33. The zero-order valence-corrected chi connectivity index (χ0v) is 34.5. The van der Waals surface area contributed by atoms with Crippen LogP contribution in [0.25, 0.3) is 32.8 Å². The van der Waals surface area contributed by atoms with Gasteiger partial charge in [0.1, 0.15) is 36.2 Å². The van der Waals surface area contributed by atoms with Crippen LogP contribution in [0.15, 0.2) is 30.5 Å².